The zero-order valence-electron chi connectivity index (χ0n) is 26.9. The SMILES string of the molecule is CC(C)(C)OC(=O)NCc1cccc(NC(=O)C[N+]2([O-])CN(CC(=O)C(C)(C)C)c3ccccc3C(C3CCCCC3)=N2)c1. The van der Waals surface area contributed by atoms with Crippen molar-refractivity contribution in [2.45, 2.75) is 85.8 Å². The van der Waals surface area contributed by atoms with Crippen LogP contribution >= 0.6 is 0 Å². The molecule has 10 nitrogen and oxygen atoms in total. The number of alkyl carbamates (subject to hydrolysis) is 1. The number of hydroxylamine groups is 2. The van der Waals surface area contributed by atoms with Crippen LogP contribution in [0.4, 0.5) is 16.2 Å². The maximum Gasteiger partial charge on any atom is 0.407 e. The number of anilines is 2. The lowest BCUT2D eigenvalue weighted by Crippen LogP contribution is -2.51. The van der Waals surface area contributed by atoms with E-state index >= 15 is 0 Å². The molecule has 0 bridgehead atoms. The van der Waals surface area contributed by atoms with Crippen molar-refractivity contribution in [1.29, 1.82) is 0 Å². The molecule has 10 heteroatoms. The van der Waals surface area contributed by atoms with E-state index in [2.05, 4.69) is 10.6 Å². The van der Waals surface area contributed by atoms with Gasteiger partial charge in [-0.1, -0.05) is 75.5 Å². The summed E-state index contributed by atoms with van der Waals surface area (Å²) in [5.41, 5.74) is 2.45. The molecule has 4 rings (SSSR count). The number of benzene rings is 2. The minimum Gasteiger partial charge on any atom is -0.603 e. The Bertz CT molecular complexity index is 1390. The van der Waals surface area contributed by atoms with E-state index in [1.54, 1.807) is 43.9 Å². The molecule has 2 aromatic rings. The van der Waals surface area contributed by atoms with Crippen LogP contribution in [0.25, 0.3) is 0 Å². The Morgan fingerprint density at radius 1 is 1.00 bits per heavy atom. The van der Waals surface area contributed by atoms with Crippen molar-refractivity contribution < 1.29 is 23.9 Å². The van der Waals surface area contributed by atoms with E-state index in [0.717, 1.165) is 54.6 Å². The maximum atomic E-state index is 14.5. The molecule has 1 atom stereocenters. The van der Waals surface area contributed by atoms with Gasteiger partial charge in [0.1, 0.15) is 11.3 Å². The number of amides is 2. The van der Waals surface area contributed by atoms with E-state index < -0.39 is 34.3 Å². The number of ether oxygens (including phenoxy) is 1. The Morgan fingerprint density at radius 2 is 1.70 bits per heavy atom. The quantitative estimate of drug-likeness (QED) is 0.267. The maximum absolute atomic E-state index is 14.5. The van der Waals surface area contributed by atoms with Crippen molar-refractivity contribution >= 4 is 34.9 Å². The van der Waals surface area contributed by atoms with Gasteiger partial charge in [-0.2, -0.15) is 0 Å². The lowest BCUT2D eigenvalue weighted by Gasteiger charge is -2.39. The first-order valence-corrected chi connectivity index (χ1v) is 15.5. The Hall–Kier alpha value is -3.76. The number of carbonyl (C=O) groups is 3. The number of ketones is 1. The number of Topliss-reactive ketones (excluding diaryl/α,β-unsaturated/α-hetero) is 1. The topological polar surface area (TPSA) is 123 Å². The smallest absolute Gasteiger partial charge is 0.407 e. The zero-order chi connectivity index (χ0) is 32.1. The van der Waals surface area contributed by atoms with Crippen LogP contribution in [0.15, 0.2) is 53.6 Å². The largest absolute Gasteiger partial charge is 0.603 e. The number of para-hydroxylation sites is 1. The molecule has 2 amide bonds. The minimum absolute atomic E-state index is 0.00114. The van der Waals surface area contributed by atoms with E-state index in [-0.39, 0.29) is 31.5 Å². The second-order valence-corrected chi connectivity index (χ2v) is 14.0. The van der Waals surface area contributed by atoms with Crippen LogP contribution in [-0.2, 0) is 20.9 Å². The molecule has 1 saturated carbocycles. The summed E-state index contributed by atoms with van der Waals surface area (Å²) in [5, 5.41) is 24.9. The Balaban J connectivity index is 1.57. The molecule has 0 spiro atoms. The zero-order valence-corrected chi connectivity index (χ0v) is 26.9. The van der Waals surface area contributed by atoms with Crippen molar-refractivity contribution in [2.75, 3.05) is 30.0 Å². The van der Waals surface area contributed by atoms with E-state index in [4.69, 9.17) is 9.84 Å². The summed E-state index contributed by atoms with van der Waals surface area (Å²) in [5.74, 6) is -0.370. The molecule has 238 valence electrons. The van der Waals surface area contributed by atoms with E-state index in [1.165, 1.54) is 0 Å². The van der Waals surface area contributed by atoms with Gasteiger partial charge in [0.2, 0.25) is 0 Å². The van der Waals surface area contributed by atoms with Gasteiger partial charge in [0.25, 0.3) is 5.91 Å². The predicted octanol–water partition coefficient (Wildman–Crippen LogP) is 6.34. The summed E-state index contributed by atoms with van der Waals surface area (Å²) in [6.07, 6.45) is 4.62. The van der Waals surface area contributed by atoms with Gasteiger partial charge in [0, 0.05) is 29.1 Å². The van der Waals surface area contributed by atoms with E-state index in [9.17, 15) is 19.6 Å². The van der Waals surface area contributed by atoms with Gasteiger partial charge in [0.05, 0.1) is 12.2 Å². The Labute approximate surface area is 261 Å². The molecule has 0 radical (unpaired) electrons. The first-order chi connectivity index (χ1) is 20.6. The normalized spacial score (nSPS) is 19.3. The summed E-state index contributed by atoms with van der Waals surface area (Å²) < 4.78 is 4.14. The van der Waals surface area contributed by atoms with Crippen LogP contribution in [0.3, 0.4) is 0 Å². The Morgan fingerprint density at radius 3 is 2.39 bits per heavy atom. The van der Waals surface area contributed by atoms with Gasteiger partial charge in [0.15, 0.2) is 19.0 Å². The van der Waals surface area contributed by atoms with Crippen LogP contribution in [0.1, 0.15) is 84.8 Å². The monoisotopic (exact) mass is 605 g/mol. The van der Waals surface area contributed by atoms with Gasteiger partial charge in [-0.05, 0) is 57.4 Å². The van der Waals surface area contributed by atoms with Crippen molar-refractivity contribution in [3.05, 3.63) is 64.9 Å². The number of quaternary nitrogens is 1. The summed E-state index contributed by atoms with van der Waals surface area (Å²) in [6, 6.07) is 14.8. The summed E-state index contributed by atoms with van der Waals surface area (Å²) in [4.78, 5) is 40.5. The van der Waals surface area contributed by atoms with Gasteiger partial charge < -0.3 is 25.5 Å². The fourth-order valence-corrected chi connectivity index (χ4v) is 5.57. The fourth-order valence-electron chi connectivity index (χ4n) is 5.57. The second kappa shape index (κ2) is 13.5. The number of hydrogen-bond donors (Lipinski definition) is 2. The molecule has 2 aromatic carbocycles. The number of nitrogens with one attached hydrogen (secondary N) is 2. The molecule has 44 heavy (non-hydrogen) atoms. The summed E-state index contributed by atoms with van der Waals surface area (Å²) in [7, 11) is 0. The Kier molecular flexibility index (Phi) is 10.2. The third kappa shape index (κ3) is 9.12. The highest BCUT2D eigenvalue weighted by Crippen LogP contribution is 2.35. The van der Waals surface area contributed by atoms with Crippen LogP contribution < -0.4 is 15.5 Å². The lowest BCUT2D eigenvalue weighted by molar-refractivity contribution is -0.878. The number of nitrogens with zero attached hydrogens (tertiary/aromatic N) is 3. The van der Waals surface area contributed by atoms with Gasteiger partial charge in [-0.3, -0.25) is 9.59 Å². The summed E-state index contributed by atoms with van der Waals surface area (Å²) >= 11 is 0. The van der Waals surface area contributed by atoms with Crippen molar-refractivity contribution in [3.63, 3.8) is 0 Å². The van der Waals surface area contributed by atoms with Crippen LogP contribution in [0.2, 0.25) is 0 Å². The number of fused-ring (bicyclic) bond motifs is 1. The number of hydrogen-bond acceptors (Lipinski definition) is 7. The first kappa shape index (κ1) is 33.1. The van der Waals surface area contributed by atoms with Gasteiger partial charge in [-0.15, -0.1) is 0 Å². The third-order valence-corrected chi connectivity index (χ3v) is 7.80. The van der Waals surface area contributed by atoms with Gasteiger partial charge >= 0.3 is 6.09 Å². The number of rotatable bonds is 8. The molecule has 2 aliphatic rings. The van der Waals surface area contributed by atoms with Crippen molar-refractivity contribution in [1.82, 2.24) is 5.32 Å². The van der Waals surface area contributed by atoms with Crippen molar-refractivity contribution in [3.8, 4) is 0 Å². The highest BCUT2D eigenvalue weighted by atomic mass is 16.6. The minimum atomic E-state index is -1.15. The molecule has 1 aliphatic heterocycles. The van der Waals surface area contributed by atoms with Crippen molar-refractivity contribution in [2.24, 2.45) is 16.4 Å². The summed E-state index contributed by atoms with van der Waals surface area (Å²) in [6.45, 7) is 10.6. The average Bonchev–Trinajstić information content (AvgIpc) is 3.05. The highest BCUT2D eigenvalue weighted by molar-refractivity contribution is 6.07. The molecule has 0 aromatic heterocycles. The third-order valence-electron chi connectivity index (χ3n) is 7.80. The molecule has 1 unspecified atom stereocenters. The molecule has 1 fully saturated rings. The molecule has 1 aliphatic carbocycles. The number of carbonyl (C=O) groups excluding carboxylic acids is 3. The molecule has 0 saturated heterocycles. The molecule has 2 N–H and O–H groups in total. The molecule has 1 heterocycles. The van der Waals surface area contributed by atoms with Gasteiger partial charge in [-0.25, -0.2) is 9.55 Å². The molecular weight excluding hydrogens is 558 g/mol. The predicted molar refractivity (Wildman–Crippen MR) is 173 cm³/mol. The standard InChI is InChI=1S/C34H47N5O5/c1-33(2,3)29(40)21-38-23-39(43,37-31(25-14-8-7-9-15-25)27-17-10-11-18-28(27)38)22-30(41)36-26-16-12-13-24(19-26)20-35-32(42)44-34(4,5)6/h10-13,16-19,25H,7-9,14-15,20-23H2,1-6H3,(H,35,42)(H,36,41). The second-order valence-electron chi connectivity index (χ2n) is 14.0. The highest BCUT2D eigenvalue weighted by Gasteiger charge is 2.36. The van der Waals surface area contributed by atoms with Crippen LogP contribution in [0, 0.1) is 16.5 Å². The lowest BCUT2D eigenvalue weighted by atomic mass is 9.83. The van der Waals surface area contributed by atoms with E-state index in [1.807, 2.05) is 51.1 Å². The van der Waals surface area contributed by atoms with E-state index in [0.29, 0.717) is 5.69 Å². The fraction of sp³-hybridized carbons (Fsp3) is 0.529. The van der Waals surface area contributed by atoms with Crippen LogP contribution in [-0.4, -0.2) is 53.6 Å². The van der Waals surface area contributed by atoms with Crippen LogP contribution in [0.5, 0.6) is 0 Å². The first-order valence-electron chi connectivity index (χ1n) is 15.5. The molecular formula is C34H47N5O5. The average molecular weight is 606 g/mol.